The molecule has 1 rings (SSSR count). The Morgan fingerprint density at radius 3 is 3.10 bits per heavy atom. The molecule has 0 aromatic rings. The average molecular weight is 141 g/mol. The molecule has 58 valence electrons. The summed E-state index contributed by atoms with van der Waals surface area (Å²) >= 11 is 0. The third-order valence-corrected chi connectivity index (χ3v) is 1.78. The molecule has 1 saturated heterocycles. The van der Waals surface area contributed by atoms with Gasteiger partial charge in [-0.3, -0.25) is 0 Å². The second-order valence-corrected chi connectivity index (χ2v) is 2.55. The summed E-state index contributed by atoms with van der Waals surface area (Å²) in [4.78, 5) is 0. The van der Waals surface area contributed by atoms with Crippen molar-refractivity contribution in [3.8, 4) is 0 Å². The van der Waals surface area contributed by atoms with Crippen LogP contribution in [0.25, 0.3) is 0 Å². The van der Waals surface area contributed by atoms with Gasteiger partial charge in [0.2, 0.25) is 0 Å². The first-order valence-corrected chi connectivity index (χ1v) is 3.89. The summed E-state index contributed by atoms with van der Waals surface area (Å²) in [5.74, 6) is 0.903. The molecule has 0 bridgehead atoms. The minimum Gasteiger partial charge on any atom is -0.497 e. The standard InChI is InChI=1S/C8H15NO/c1-3-10-7(2)8-5-4-6-9-8/h8-9H,2-6H2,1H3/t8-/m0/s1. The minimum absolute atomic E-state index is 0.417. The van der Waals surface area contributed by atoms with E-state index in [-0.39, 0.29) is 0 Å². The molecule has 0 spiro atoms. The van der Waals surface area contributed by atoms with Crippen molar-refractivity contribution < 1.29 is 4.74 Å². The van der Waals surface area contributed by atoms with Crippen molar-refractivity contribution >= 4 is 0 Å². The maximum Gasteiger partial charge on any atom is 0.106 e. The van der Waals surface area contributed by atoms with Gasteiger partial charge in [0.15, 0.2) is 0 Å². The Bertz CT molecular complexity index is 116. The molecule has 1 atom stereocenters. The van der Waals surface area contributed by atoms with Crippen LogP contribution < -0.4 is 5.32 Å². The lowest BCUT2D eigenvalue weighted by atomic mass is 10.2. The fourth-order valence-electron chi connectivity index (χ4n) is 1.25. The molecule has 0 aromatic heterocycles. The maximum absolute atomic E-state index is 5.27. The van der Waals surface area contributed by atoms with Gasteiger partial charge < -0.3 is 10.1 Å². The van der Waals surface area contributed by atoms with Gasteiger partial charge in [-0.05, 0) is 26.3 Å². The normalized spacial score (nSPS) is 24.7. The molecule has 1 fully saturated rings. The number of hydrogen-bond acceptors (Lipinski definition) is 2. The van der Waals surface area contributed by atoms with Crippen LogP contribution >= 0.6 is 0 Å². The van der Waals surface area contributed by atoms with Crippen LogP contribution in [0.15, 0.2) is 12.3 Å². The van der Waals surface area contributed by atoms with E-state index in [1.165, 1.54) is 12.8 Å². The zero-order valence-corrected chi connectivity index (χ0v) is 6.52. The lowest BCUT2D eigenvalue weighted by Crippen LogP contribution is -2.24. The molecule has 1 aliphatic rings. The highest BCUT2D eigenvalue weighted by Gasteiger charge is 2.17. The topological polar surface area (TPSA) is 21.3 Å². The Balaban J connectivity index is 2.25. The number of hydrogen-bond donors (Lipinski definition) is 1. The fourth-order valence-corrected chi connectivity index (χ4v) is 1.25. The SMILES string of the molecule is C=C(OCC)[C@@H]1CCCN1. The third kappa shape index (κ3) is 1.74. The summed E-state index contributed by atoms with van der Waals surface area (Å²) in [6.07, 6.45) is 2.43. The Labute approximate surface area is 62.3 Å². The number of nitrogens with one attached hydrogen (secondary N) is 1. The minimum atomic E-state index is 0.417. The Hall–Kier alpha value is -0.500. The summed E-state index contributed by atoms with van der Waals surface area (Å²) in [7, 11) is 0. The van der Waals surface area contributed by atoms with Gasteiger partial charge in [-0.15, -0.1) is 0 Å². The van der Waals surface area contributed by atoms with Crippen LogP contribution in [0.3, 0.4) is 0 Å². The van der Waals surface area contributed by atoms with Crippen LogP contribution in [0.5, 0.6) is 0 Å². The summed E-state index contributed by atoms with van der Waals surface area (Å²) in [5.41, 5.74) is 0. The molecule has 1 N–H and O–H groups in total. The molecule has 1 heterocycles. The van der Waals surface area contributed by atoms with Crippen molar-refractivity contribution in [2.45, 2.75) is 25.8 Å². The molecule has 0 unspecified atom stereocenters. The molecule has 0 radical (unpaired) electrons. The molecule has 10 heavy (non-hydrogen) atoms. The van der Waals surface area contributed by atoms with Gasteiger partial charge in [-0.1, -0.05) is 6.58 Å². The van der Waals surface area contributed by atoms with Gasteiger partial charge in [0.25, 0.3) is 0 Å². The molecule has 1 aliphatic heterocycles. The zero-order chi connectivity index (χ0) is 7.40. The zero-order valence-electron chi connectivity index (χ0n) is 6.52. The molecule has 2 heteroatoms. The fraction of sp³-hybridized carbons (Fsp3) is 0.750. The summed E-state index contributed by atoms with van der Waals surface area (Å²) in [6.45, 7) is 7.67. The maximum atomic E-state index is 5.27. The van der Waals surface area contributed by atoms with Crippen molar-refractivity contribution in [2.24, 2.45) is 0 Å². The molecule has 0 aromatic carbocycles. The van der Waals surface area contributed by atoms with E-state index in [0.717, 1.165) is 18.9 Å². The molecule has 2 nitrogen and oxygen atoms in total. The monoisotopic (exact) mass is 141 g/mol. The van der Waals surface area contributed by atoms with Crippen LogP contribution in [0.4, 0.5) is 0 Å². The van der Waals surface area contributed by atoms with Crippen molar-refractivity contribution in [3.05, 3.63) is 12.3 Å². The molecular weight excluding hydrogens is 126 g/mol. The van der Waals surface area contributed by atoms with E-state index in [0.29, 0.717) is 6.04 Å². The highest BCUT2D eigenvalue weighted by atomic mass is 16.5. The van der Waals surface area contributed by atoms with E-state index in [2.05, 4.69) is 11.9 Å². The van der Waals surface area contributed by atoms with Gasteiger partial charge in [0.05, 0.1) is 12.6 Å². The molecule has 0 aliphatic carbocycles. The molecule has 0 saturated carbocycles. The third-order valence-electron chi connectivity index (χ3n) is 1.78. The van der Waals surface area contributed by atoms with Gasteiger partial charge >= 0.3 is 0 Å². The van der Waals surface area contributed by atoms with Crippen LogP contribution in [-0.2, 0) is 4.74 Å². The van der Waals surface area contributed by atoms with Crippen molar-refractivity contribution in [3.63, 3.8) is 0 Å². The molecular formula is C8H15NO. The van der Waals surface area contributed by atoms with Crippen molar-refractivity contribution in [1.82, 2.24) is 5.32 Å². The van der Waals surface area contributed by atoms with Crippen LogP contribution in [-0.4, -0.2) is 19.2 Å². The summed E-state index contributed by atoms with van der Waals surface area (Å²) in [6, 6.07) is 0.417. The lowest BCUT2D eigenvalue weighted by molar-refractivity contribution is 0.206. The summed E-state index contributed by atoms with van der Waals surface area (Å²) in [5, 5.41) is 3.32. The highest BCUT2D eigenvalue weighted by molar-refractivity contribution is 4.99. The van der Waals surface area contributed by atoms with Crippen LogP contribution in [0, 0.1) is 0 Å². The van der Waals surface area contributed by atoms with Crippen LogP contribution in [0.1, 0.15) is 19.8 Å². The van der Waals surface area contributed by atoms with Gasteiger partial charge in [0.1, 0.15) is 5.76 Å². The predicted molar refractivity (Wildman–Crippen MR) is 41.8 cm³/mol. The number of ether oxygens (including phenoxy) is 1. The van der Waals surface area contributed by atoms with E-state index < -0.39 is 0 Å². The Morgan fingerprint density at radius 1 is 1.80 bits per heavy atom. The molecule has 0 amide bonds. The first-order chi connectivity index (χ1) is 4.84. The van der Waals surface area contributed by atoms with E-state index in [1.807, 2.05) is 6.92 Å². The smallest absolute Gasteiger partial charge is 0.106 e. The van der Waals surface area contributed by atoms with Crippen molar-refractivity contribution in [1.29, 1.82) is 0 Å². The van der Waals surface area contributed by atoms with E-state index >= 15 is 0 Å². The quantitative estimate of drug-likeness (QED) is 0.598. The van der Waals surface area contributed by atoms with Gasteiger partial charge in [-0.2, -0.15) is 0 Å². The number of rotatable bonds is 3. The first-order valence-electron chi connectivity index (χ1n) is 3.89. The van der Waals surface area contributed by atoms with Gasteiger partial charge in [0, 0.05) is 0 Å². The highest BCUT2D eigenvalue weighted by Crippen LogP contribution is 2.12. The second-order valence-electron chi connectivity index (χ2n) is 2.55. The largest absolute Gasteiger partial charge is 0.497 e. The van der Waals surface area contributed by atoms with E-state index in [9.17, 15) is 0 Å². The van der Waals surface area contributed by atoms with Crippen LogP contribution in [0.2, 0.25) is 0 Å². The predicted octanol–water partition coefficient (Wildman–Crippen LogP) is 1.29. The first kappa shape index (κ1) is 7.61. The summed E-state index contributed by atoms with van der Waals surface area (Å²) < 4.78 is 5.27. The van der Waals surface area contributed by atoms with Crippen molar-refractivity contribution in [2.75, 3.05) is 13.2 Å². The van der Waals surface area contributed by atoms with E-state index in [4.69, 9.17) is 4.74 Å². The van der Waals surface area contributed by atoms with Gasteiger partial charge in [-0.25, -0.2) is 0 Å². The van der Waals surface area contributed by atoms with E-state index in [1.54, 1.807) is 0 Å². The lowest BCUT2D eigenvalue weighted by Gasteiger charge is -2.13. The second kappa shape index (κ2) is 3.62. The average Bonchev–Trinajstić information content (AvgIpc) is 2.38. The Morgan fingerprint density at radius 2 is 2.60 bits per heavy atom. The Kier molecular flexibility index (Phi) is 2.75.